The van der Waals surface area contributed by atoms with Crippen LogP contribution in [0, 0.1) is 6.92 Å². The number of carbonyl (C=O) groups is 1. The molecule has 2 rings (SSSR count). The largest absolute Gasteiger partial charge is 0.368 e. The average Bonchev–Trinajstić information content (AvgIpc) is 2.84. The Morgan fingerprint density at radius 2 is 2.24 bits per heavy atom. The van der Waals surface area contributed by atoms with Crippen molar-refractivity contribution in [3.63, 3.8) is 0 Å². The predicted octanol–water partition coefficient (Wildman–Crippen LogP) is 2.55. The second-order valence-corrected chi connectivity index (χ2v) is 5.98. The van der Waals surface area contributed by atoms with Crippen molar-refractivity contribution in [2.45, 2.75) is 31.8 Å². The maximum Gasteiger partial charge on any atom is 0.234 e. The molecule has 1 heterocycles. The van der Waals surface area contributed by atoms with Gasteiger partial charge >= 0.3 is 0 Å². The van der Waals surface area contributed by atoms with Crippen LogP contribution in [0.3, 0.4) is 0 Å². The minimum Gasteiger partial charge on any atom is -0.368 e. The van der Waals surface area contributed by atoms with Crippen molar-refractivity contribution in [1.82, 2.24) is 15.2 Å². The van der Waals surface area contributed by atoms with Gasteiger partial charge in [0.25, 0.3) is 0 Å². The number of carbonyl (C=O) groups excluding carboxylic acids is 1. The van der Waals surface area contributed by atoms with Crippen molar-refractivity contribution in [2.75, 3.05) is 16.8 Å². The molecule has 0 saturated carbocycles. The van der Waals surface area contributed by atoms with Gasteiger partial charge in [-0.3, -0.25) is 4.79 Å². The van der Waals surface area contributed by atoms with Gasteiger partial charge in [0.2, 0.25) is 17.0 Å². The van der Waals surface area contributed by atoms with Gasteiger partial charge in [-0.1, -0.05) is 43.8 Å². The molecule has 21 heavy (non-hydrogen) atoms. The van der Waals surface area contributed by atoms with Gasteiger partial charge in [0.05, 0.1) is 5.75 Å². The standard InChI is InChI=1S/C14H19N5OS/c1-8(2)10-6-4-5-9(3)12(10)16-11(20)7-21-14-17-13(15)18-19-14/h4-6,8H,7H2,1-3H3,(H,16,20)(H3,15,17,18,19). The summed E-state index contributed by atoms with van der Waals surface area (Å²) in [5.74, 6) is 0.752. The molecule has 112 valence electrons. The molecule has 4 N–H and O–H groups in total. The van der Waals surface area contributed by atoms with Gasteiger partial charge in [-0.05, 0) is 24.0 Å². The van der Waals surface area contributed by atoms with E-state index in [4.69, 9.17) is 5.73 Å². The van der Waals surface area contributed by atoms with Crippen LogP contribution in [0.2, 0.25) is 0 Å². The number of hydrogen-bond acceptors (Lipinski definition) is 5. The molecule has 1 aromatic heterocycles. The number of nitrogen functional groups attached to an aromatic ring is 1. The van der Waals surface area contributed by atoms with Gasteiger partial charge in [-0.25, -0.2) is 5.10 Å². The van der Waals surface area contributed by atoms with E-state index in [0.29, 0.717) is 11.1 Å². The van der Waals surface area contributed by atoms with Gasteiger partial charge in [-0.2, -0.15) is 4.98 Å². The summed E-state index contributed by atoms with van der Waals surface area (Å²) >= 11 is 1.24. The summed E-state index contributed by atoms with van der Waals surface area (Å²) in [6, 6.07) is 6.03. The molecule has 0 aliphatic heterocycles. The highest BCUT2D eigenvalue weighted by Gasteiger charge is 2.13. The third-order valence-electron chi connectivity index (χ3n) is 3.01. The maximum atomic E-state index is 12.1. The van der Waals surface area contributed by atoms with Crippen molar-refractivity contribution in [2.24, 2.45) is 0 Å². The summed E-state index contributed by atoms with van der Waals surface area (Å²) in [5.41, 5.74) is 8.53. The lowest BCUT2D eigenvalue weighted by Crippen LogP contribution is -2.16. The first-order chi connectivity index (χ1) is 9.97. The molecule has 0 aliphatic rings. The first kappa shape index (κ1) is 15.4. The molecule has 1 aromatic carbocycles. The summed E-state index contributed by atoms with van der Waals surface area (Å²) in [7, 11) is 0. The summed E-state index contributed by atoms with van der Waals surface area (Å²) < 4.78 is 0. The molecule has 7 heteroatoms. The molecule has 2 aromatic rings. The van der Waals surface area contributed by atoms with E-state index in [1.165, 1.54) is 11.8 Å². The normalized spacial score (nSPS) is 10.9. The zero-order chi connectivity index (χ0) is 15.4. The number of para-hydroxylation sites is 1. The van der Waals surface area contributed by atoms with Crippen molar-refractivity contribution in [3.8, 4) is 0 Å². The van der Waals surface area contributed by atoms with E-state index < -0.39 is 0 Å². The number of benzene rings is 1. The van der Waals surface area contributed by atoms with Crippen LogP contribution in [0.5, 0.6) is 0 Å². The van der Waals surface area contributed by atoms with Crippen LogP contribution in [0.25, 0.3) is 0 Å². The number of aromatic nitrogens is 3. The first-order valence-corrected chi connectivity index (χ1v) is 7.66. The maximum absolute atomic E-state index is 12.1. The van der Waals surface area contributed by atoms with Crippen LogP contribution < -0.4 is 11.1 Å². The van der Waals surface area contributed by atoms with Crippen LogP contribution in [0.15, 0.2) is 23.4 Å². The van der Waals surface area contributed by atoms with E-state index in [1.54, 1.807) is 0 Å². The Labute approximate surface area is 127 Å². The number of anilines is 2. The van der Waals surface area contributed by atoms with E-state index >= 15 is 0 Å². The molecule has 0 bridgehead atoms. The number of aryl methyl sites for hydroxylation is 1. The number of H-pyrrole nitrogens is 1. The van der Waals surface area contributed by atoms with Crippen LogP contribution in [-0.4, -0.2) is 26.8 Å². The quantitative estimate of drug-likeness (QED) is 0.738. The fourth-order valence-electron chi connectivity index (χ4n) is 1.97. The van der Waals surface area contributed by atoms with E-state index in [-0.39, 0.29) is 17.6 Å². The fraction of sp³-hybridized carbons (Fsp3) is 0.357. The predicted molar refractivity (Wildman–Crippen MR) is 85.4 cm³/mol. The minimum absolute atomic E-state index is 0.0837. The Hall–Kier alpha value is -2.02. The lowest BCUT2D eigenvalue weighted by atomic mass is 9.98. The van der Waals surface area contributed by atoms with E-state index in [9.17, 15) is 4.79 Å². The average molecular weight is 305 g/mol. The zero-order valence-corrected chi connectivity index (χ0v) is 13.1. The van der Waals surface area contributed by atoms with Crippen molar-refractivity contribution >= 4 is 29.3 Å². The molecule has 0 unspecified atom stereocenters. The SMILES string of the molecule is Cc1cccc(C(C)C)c1NC(=O)CSc1n[nH]c(N)n1. The highest BCUT2D eigenvalue weighted by molar-refractivity contribution is 7.99. The van der Waals surface area contributed by atoms with Crippen molar-refractivity contribution < 1.29 is 4.79 Å². The van der Waals surface area contributed by atoms with Gasteiger partial charge in [-0.15, -0.1) is 5.10 Å². The molecule has 0 spiro atoms. The monoisotopic (exact) mass is 305 g/mol. The molecule has 6 nitrogen and oxygen atoms in total. The number of rotatable bonds is 5. The number of aromatic amines is 1. The minimum atomic E-state index is -0.0837. The summed E-state index contributed by atoms with van der Waals surface area (Å²) in [5, 5.41) is 9.87. The molecular weight excluding hydrogens is 286 g/mol. The smallest absolute Gasteiger partial charge is 0.234 e. The first-order valence-electron chi connectivity index (χ1n) is 6.67. The number of nitrogens with one attached hydrogen (secondary N) is 2. The van der Waals surface area contributed by atoms with Gasteiger partial charge < -0.3 is 11.1 Å². The van der Waals surface area contributed by atoms with Gasteiger partial charge in [0.1, 0.15) is 0 Å². The van der Waals surface area contributed by atoms with E-state index in [2.05, 4.69) is 34.3 Å². The Kier molecular flexibility index (Phi) is 4.85. The van der Waals surface area contributed by atoms with Crippen LogP contribution in [0.1, 0.15) is 30.9 Å². The Morgan fingerprint density at radius 3 is 2.86 bits per heavy atom. The molecular formula is C14H19N5OS. The van der Waals surface area contributed by atoms with Gasteiger partial charge in [0, 0.05) is 5.69 Å². The van der Waals surface area contributed by atoms with Crippen LogP contribution >= 0.6 is 11.8 Å². The van der Waals surface area contributed by atoms with E-state index in [0.717, 1.165) is 16.8 Å². The molecule has 1 amide bonds. The number of thioether (sulfide) groups is 1. The lowest BCUT2D eigenvalue weighted by molar-refractivity contribution is -0.113. The highest BCUT2D eigenvalue weighted by atomic mass is 32.2. The zero-order valence-electron chi connectivity index (χ0n) is 12.3. The van der Waals surface area contributed by atoms with Crippen molar-refractivity contribution in [3.05, 3.63) is 29.3 Å². The molecule has 0 aliphatic carbocycles. The molecule has 0 saturated heterocycles. The Balaban J connectivity index is 2.02. The molecule has 0 fully saturated rings. The topological polar surface area (TPSA) is 96.7 Å². The molecule has 0 radical (unpaired) electrons. The summed E-state index contributed by atoms with van der Waals surface area (Å²) in [4.78, 5) is 16.0. The third-order valence-corrected chi connectivity index (χ3v) is 3.85. The molecule has 0 atom stereocenters. The highest BCUT2D eigenvalue weighted by Crippen LogP contribution is 2.27. The lowest BCUT2D eigenvalue weighted by Gasteiger charge is -2.16. The van der Waals surface area contributed by atoms with E-state index in [1.807, 2.05) is 25.1 Å². The van der Waals surface area contributed by atoms with Crippen LogP contribution in [-0.2, 0) is 4.79 Å². The number of nitrogens with zero attached hydrogens (tertiary/aromatic N) is 2. The van der Waals surface area contributed by atoms with Crippen molar-refractivity contribution in [1.29, 1.82) is 0 Å². The second-order valence-electron chi connectivity index (χ2n) is 5.03. The fourth-order valence-corrected chi connectivity index (χ4v) is 2.58. The number of hydrogen-bond donors (Lipinski definition) is 3. The Morgan fingerprint density at radius 1 is 1.48 bits per heavy atom. The van der Waals surface area contributed by atoms with Crippen LogP contribution in [0.4, 0.5) is 11.6 Å². The third kappa shape index (κ3) is 3.98. The Bertz CT molecular complexity index is 638. The summed E-state index contributed by atoms with van der Waals surface area (Å²) in [6.45, 7) is 6.20. The second kappa shape index (κ2) is 6.62. The summed E-state index contributed by atoms with van der Waals surface area (Å²) in [6.07, 6.45) is 0. The van der Waals surface area contributed by atoms with Gasteiger partial charge in [0.15, 0.2) is 0 Å². The number of amides is 1. The number of nitrogens with two attached hydrogens (primary N) is 1.